The summed E-state index contributed by atoms with van der Waals surface area (Å²) >= 11 is 5.61. The van der Waals surface area contributed by atoms with Gasteiger partial charge in [0.1, 0.15) is 5.69 Å². The summed E-state index contributed by atoms with van der Waals surface area (Å²) in [4.78, 5) is 10.2. The standard InChI is InChI=1S/C15H12ClF3N2O3/c16-12-8-13(14(21(23)24)7-11(12)15(17,18)19)20-10-3-1-9(2-4-10)5-6-22/h1-4,7-8,20,22H,5-6H2. The number of aliphatic hydroxyl groups excluding tert-OH is 1. The first kappa shape index (κ1) is 18.0. The van der Waals surface area contributed by atoms with Gasteiger partial charge in [-0.15, -0.1) is 0 Å². The van der Waals surface area contributed by atoms with E-state index in [1.807, 2.05) is 0 Å². The van der Waals surface area contributed by atoms with Crippen LogP contribution in [0.1, 0.15) is 11.1 Å². The summed E-state index contributed by atoms with van der Waals surface area (Å²) in [5.74, 6) is 0. The van der Waals surface area contributed by atoms with E-state index in [0.29, 0.717) is 18.2 Å². The second-order valence-corrected chi connectivity index (χ2v) is 5.31. The van der Waals surface area contributed by atoms with Crippen molar-refractivity contribution in [2.45, 2.75) is 12.6 Å². The van der Waals surface area contributed by atoms with E-state index in [9.17, 15) is 23.3 Å². The number of nitro groups is 1. The first-order valence-electron chi connectivity index (χ1n) is 6.74. The highest BCUT2D eigenvalue weighted by Crippen LogP contribution is 2.41. The zero-order chi connectivity index (χ0) is 17.9. The zero-order valence-corrected chi connectivity index (χ0v) is 12.9. The maximum Gasteiger partial charge on any atom is 0.418 e. The van der Waals surface area contributed by atoms with Gasteiger partial charge in [-0.25, -0.2) is 0 Å². The SMILES string of the molecule is O=[N+]([O-])c1cc(C(F)(F)F)c(Cl)cc1Nc1ccc(CCO)cc1. The van der Waals surface area contributed by atoms with Crippen molar-refractivity contribution in [3.05, 3.63) is 62.7 Å². The van der Waals surface area contributed by atoms with Crippen LogP contribution in [0.4, 0.5) is 30.2 Å². The molecule has 2 N–H and O–H groups in total. The second-order valence-electron chi connectivity index (χ2n) is 4.90. The summed E-state index contributed by atoms with van der Waals surface area (Å²) in [6.45, 7) is -0.0211. The number of benzene rings is 2. The van der Waals surface area contributed by atoms with Gasteiger partial charge >= 0.3 is 6.18 Å². The molecule has 128 valence electrons. The molecule has 0 saturated heterocycles. The minimum atomic E-state index is -4.79. The van der Waals surface area contributed by atoms with E-state index in [-0.39, 0.29) is 12.3 Å². The van der Waals surface area contributed by atoms with Crippen LogP contribution in [0, 0.1) is 10.1 Å². The lowest BCUT2D eigenvalue weighted by Crippen LogP contribution is -2.08. The zero-order valence-electron chi connectivity index (χ0n) is 12.1. The molecule has 0 aromatic heterocycles. The van der Waals surface area contributed by atoms with Gasteiger partial charge in [-0.1, -0.05) is 23.7 Å². The van der Waals surface area contributed by atoms with E-state index in [2.05, 4.69) is 5.32 Å². The Kier molecular flexibility index (Phi) is 5.30. The van der Waals surface area contributed by atoms with Crippen molar-refractivity contribution < 1.29 is 23.2 Å². The van der Waals surface area contributed by atoms with Crippen molar-refractivity contribution in [3.8, 4) is 0 Å². The fourth-order valence-electron chi connectivity index (χ4n) is 2.07. The maximum atomic E-state index is 12.8. The number of alkyl halides is 3. The topological polar surface area (TPSA) is 75.4 Å². The van der Waals surface area contributed by atoms with Crippen molar-refractivity contribution in [2.24, 2.45) is 0 Å². The van der Waals surface area contributed by atoms with Crippen LogP contribution in [-0.2, 0) is 12.6 Å². The number of anilines is 2. The van der Waals surface area contributed by atoms with Crippen molar-refractivity contribution in [1.29, 1.82) is 0 Å². The molecule has 5 nitrogen and oxygen atoms in total. The third-order valence-corrected chi connectivity index (χ3v) is 3.53. The van der Waals surface area contributed by atoms with Crippen LogP contribution in [0.2, 0.25) is 5.02 Å². The first-order valence-corrected chi connectivity index (χ1v) is 7.12. The molecular weight excluding hydrogens is 349 g/mol. The average molecular weight is 361 g/mol. The lowest BCUT2D eigenvalue weighted by atomic mass is 10.1. The molecule has 24 heavy (non-hydrogen) atoms. The van der Waals surface area contributed by atoms with E-state index in [0.717, 1.165) is 11.6 Å². The average Bonchev–Trinajstić information content (AvgIpc) is 2.48. The Hall–Kier alpha value is -2.32. The minimum absolute atomic E-state index is 0.0211. The van der Waals surface area contributed by atoms with Crippen molar-refractivity contribution >= 4 is 28.7 Å². The lowest BCUT2D eigenvalue weighted by molar-refractivity contribution is -0.384. The molecule has 0 atom stereocenters. The fourth-order valence-corrected chi connectivity index (χ4v) is 2.34. The quantitative estimate of drug-likeness (QED) is 0.606. The van der Waals surface area contributed by atoms with Gasteiger partial charge in [0, 0.05) is 18.4 Å². The molecule has 2 rings (SSSR count). The van der Waals surface area contributed by atoms with Crippen molar-refractivity contribution in [1.82, 2.24) is 0 Å². The smallest absolute Gasteiger partial charge is 0.396 e. The van der Waals surface area contributed by atoms with Crippen LogP contribution in [0.25, 0.3) is 0 Å². The van der Waals surface area contributed by atoms with Crippen LogP contribution < -0.4 is 5.32 Å². The predicted octanol–water partition coefficient (Wildman–Crippen LogP) is 4.55. The third kappa shape index (κ3) is 4.15. The molecule has 9 heteroatoms. The van der Waals surface area contributed by atoms with Crippen LogP contribution >= 0.6 is 11.6 Å². The first-order chi connectivity index (χ1) is 11.2. The van der Waals surface area contributed by atoms with E-state index in [1.54, 1.807) is 24.3 Å². The Morgan fingerprint density at radius 1 is 1.21 bits per heavy atom. The number of hydrogen-bond donors (Lipinski definition) is 2. The summed E-state index contributed by atoms with van der Waals surface area (Å²) < 4.78 is 38.5. The van der Waals surface area contributed by atoms with Gasteiger partial charge in [0.2, 0.25) is 0 Å². The molecule has 0 unspecified atom stereocenters. The molecule has 0 spiro atoms. The van der Waals surface area contributed by atoms with Crippen LogP contribution in [0.5, 0.6) is 0 Å². The molecule has 0 saturated carbocycles. The minimum Gasteiger partial charge on any atom is -0.396 e. The number of nitrogens with zero attached hydrogens (tertiary/aromatic N) is 1. The Labute approximate surface area is 139 Å². The van der Waals surface area contributed by atoms with Crippen LogP contribution in [-0.4, -0.2) is 16.6 Å². The summed E-state index contributed by atoms with van der Waals surface area (Å²) in [6.07, 6.45) is -4.33. The molecule has 0 aliphatic rings. The number of rotatable bonds is 5. The normalized spacial score (nSPS) is 11.4. The number of halogens is 4. The molecule has 0 aliphatic heterocycles. The van der Waals surface area contributed by atoms with Gasteiger partial charge in [-0.3, -0.25) is 10.1 Å². The summed E-state index contributed by atoms with van der Waals surface area (Å²) in [7, 11) is 0. The number of nitrogens with one attached hydrogen (secondary N) is 1. The summed E-state index contributed by atoms with van der Waals surface area (Å²) in [5, 5.41) is 22.0. The Morgan fingerprint density at radius 3 is 2.33 bits per heavy atom. The monoisotopic (exact) mass is 360 g/mol. The molecule has 0 fully saturated rings. The van der Waals surface area contributed by atoms with Crippen LogP contribution in [0.3, 0.4) is 0 Å². The predicted molar refractivity (Wildman–Crippen MR) is 83.6 cm³/mol. The maximum absolute atomic E-state index is 12.8. The highest BCUT2D eigenvalue weighted by molar-refractivity contribution is 6.31. The van der Waals surface area contributed by atoms with Gasteiger partial charge < -0.3 is 10.4 Å². The molecule has 0 heterocycles. The molecule has 2 aromatic carbocycles. The van der Waals surface area contributed by atoms with Gasteiger partial charge in [0.15, 0.2) is 0 Å². The molecule has 2 aromatic rings. The van der Waals surface area contributed by atoms with Gasteiger partial charge in [-0.05, 0) is 30.2 Å². The van der Waals surface area contributed by atoms with Gasteiger partial charge in [0.05, 0.1) is 15.5 Å². The Balaban J connectivity index is 2.39. The molecular formula is C15H12ClF3N2O3. The van der Waals surface area contributed by atoms with Crippen LogP contribution in [0.15, 0.2) is 36.4 Å². The molecule has 0 aliphatic carbocycles. The fraction of sp³-hybridized carbons (Fsp3) is 0.200. The largest absolute Gasteiger partial charge is 0.418 e. The Morgan fingerprint density at radius 2 is 1.83 bits per heavy atom. The number of aliphatic hydroxyl groups is 1. The van der Waals surface area contributed by atoms with Gasteiger partial charge in [-0.2, -0.15) is 13.2 Å². The highest BCUT2D eigenvalue weighted by atomic mass is 35.5. The van der Waals surface area contributed by atoms with E-state index >= 15 is 0 Å². The molecule has 0 bridgehead atoms. The highest BCUT2D eigenvalue weighted by Gasteiger charge is 2.36. The van der Waals surface area contributed by atoms with E-state index < -0.39 is 27.4 Å². The summed E-state index contributed by atoms with van der Waals surface area (Å²) in [6, 6.07) is 7.86. The number of nitro benzene ring substituents is 1. The van der Waals surface area contributed by atoms with E-state index in [4.69, 9.17) is 16.7 Å². The third-order valence-electron chi connectivity index (χ3n) is 3.22. The van der Waals surface area contributed by atoms with Crippen molar-refractivity contribution in [3.63, 3.8) is 0 Å². The second kappa shape index (κ2) is 7.06. The molecule has 0 radical (unpaired) electrons. The molecule has 0 amide bonds. The number of hydrogen-bond acceptors (Lipinski definition) is 4. The van der Waals surface area contributed by atoms with Crippen molar-refractivity contribution in [2.75, 3.05) is 11.9 Å². The van der Waals surface area contributed by atoms with E-state index in [1.165, 1.54) is 0 Å². The summed E-state index contributed by atoms with van der Waals surface area (Å²) in [5.41, 5.74) is -0.850. The van der Waals surface area contributed by atoms with Gasteiger partial charge in [0.25, 0.3) is 5.69 Å². The lowest BCUT2D eigenvalue weighted by Gasteiger charge is -2.13. The Bertz CT molecular complexity index is 749.